The predicted molar refractivity (Wildman–Crippen MR) is 100 cm³/mol. The molecule has 2 aromatic carbocycles. The van der Waals surface area contributed by atoms with Gasteiger partial charge in [-0.05, 0) is 51.3 Å². The van der Waals surface area contributed by atoms with E-state index in [0.717, 1.165) is 0 Å². The van der Waals surface area contributed by atoms with Crippen LogP contribution in [0.15, 0.2) is 45.9 Å². The minimum Gasteiger partial charge on any atom is -0.434 e. The molecule has 1 aliphatic rings. The Bertz CT molecular complexity index is 970. The van der Waals surface area contributed by atoms with E-state index in [1.165, 1.54) is 48.3 Å². The molecule has 0 spiro atoms. The molecular formula is C18H16BrF3N4O2. The Kier molecular flexibility index (Phi) is 5.35. The fourth-order valence-corrected chi connectivity index (χ4v) is 3.46. The summed E-state index contributed by atoms with van der Waals surface area (Å²) in [4.78, 5) is 18.7. The average Bonchev–Trinajstić information content (AvgIpc) is 2.89. The van der Waals surface area contributed by atoms with Crippen LogP contribution in [0.4, 0.5) is 13.2 Å². The standard InChI is InChI=1S/C18H16BrF3N4O2/c1-26-15(27)18(25-17(26)24,11-2-4-13(20)12(19)7-11)10-3-5-14(28-16(21)22)9(6-10)8-23/h2-7,16H,8,23H2,1H3,(H2,24,25). The van der Waals surface area contributed by atoms with Crippen LogP contribution in [-0.2, 0) is 16.9 Å². The lowest BCUT2D eigenvalue weighted by molar-refractivity contribution is -0.129. The minimum atomic E-state index is -3.02. The summed E-state index contributed by atoms with van der Waals surface area (Å²) in [5.41, 5.74) is 10.9. The number of ether oxygens (including phenoxy) is 1. The van der Waals surface area contributed by atoms with Crippen molar-refractivity contribution in [1.82, 2.24) is 4.90 Å². The van der Waals surface area contributed by atoms with Crippen LogP contribution in [0.25, 0.3) is 0 Å². The second-order valence-corrected chi connectivity index (χ2v) is 6.93. The Morgan fingerprint density at radius 3 is 2.43 bits per heavy atom. The zero-order valence-electron chi connectivity index (χ0n) is 14.6. The molecule has 1 amide bonds. The number of hydrogen-bond acceptors (Lipinski definition) is 5. The van der Waals surface area contributed by atoms with Crippen LogP contribution < -0.4 is 16.2 Å². The number of nitrogens with zero attached hydrogens (tertiary/aromatic N) is 2. The zero-order chi connectivity index (χ0) is 20.6. The van der Waals surface area contributed by atoms with Gasteiger partial charge in [-0.25, -0.2) is 9.38 Å². The van der Waals surface area contributed by atoms with Gasteiger partial charge in [0.15, 0.2) is 11.5 Å². The molecule has 0 radical (unpaired) electrons. The van der Waals surface area contributed by atoms with Gasteiger partial charge in [0.2, 0.25) is 0 Å². The van der Waals surface area contributed by atoms with Crippen molar-refractivity contribution < 1.29 is 22.7 Å². The minimum absolute atomic E-state index is 0.0346. The van der Waals surface area contributed by atoms with E-state index in [2.05, 4.69) is 25.7 Å². The van der Waals surface area contributed by atoms with Crippen molar-refractivity contribution in [2.24, 2.45) is 16.5 Å². The van der Waals surface area contributed by atoms with E-state index >= 15 is 0 Å². The molecule has 148 valence electrons. The zero-order valence-corrected chi connectivity index (χ0v) is 16.2. The highest BCUT2D eigenvalue weighted by Gasteiger charge is 2.49. The lowest BCUT2D eigenvalue weighted by Gasteiger charge is -2.27. The Morgan fingerprint density at radius 1 is 1.25 bits per heavy atom. The number of halogens is 4. The molecule has 1 atom stereocenters. The van der Waals surface area contributed by atoms with Crippen molar-refractivity contribution in [1.29, 1.82) is 0 Å². The van der Waals surface area contributed by atoms with E-state index in [0.29, 0.717) is 11.1 Å². The van der Waals surface area contributed by atoms with E-state index in [1.807, 2.05) is 0 Å². The first-order valence-corrected chi connectivity index (χ1v) is 8.87. The fraction of sp³-hybridized carbons (Fsp3) is 0.222. The molecule has 10 heteroatoms. The van der Waals surface area contributed by atoms with Crippen LogP contribution in [0, 0.1) is 5.82 Å². The third-order valence-corrected chi connectivity index (χ3v) is 5.10. The molecule has 0 saturated heterocycles. The van der Waals surface area contributed by atoms with Crippen molar-refractivity contribution in [2.45, 2.75) is 18.7 Å². The third-order valence-electron chi connectivity index (χ3n) is 4.49. The number of carbonyl (C=O) groups excluding carboxylic acids is 1. The lowest BCUT2D eigenvalue weighted by Crippen LogP contribution is -2.41. The maximum Gasteiger partial charge on any atom is 0.387 e. The number of hydrogen-bond donors (Lipinski definition) is 2. The molecule has 0 bridgehead atoms. The summed E-state index contributed by atoms with van der Waals surface area (Å²) in [5.74, 6) is -1.13. The number of rotatable bonds is 5. The number of aliphatic imine (C=N–C) groups is 1. The van der Waals surface area contributed by atoms with E-state index in [-0.39, 0.29) is 28.3 Å². The SMILES string of the molecule is CN1C(=O)C(c2ccc(F)c(Br)c2)(c2ccc(OC(F)F)c(CN)c2)N=C1N. The molecule has 6 nitrogen and oxygen atoms in total. The summed E-state index contributed by atoms with van der Waals surface area (Å²) in [5, 5.41) is 0. The Labute approximate surface area is 167 Å². The first-order valence-electron chi connectivity index (χ1n) is 8.08. The van der Waals surface area contributed by atoms with Gasteiger partial charge < -0.3 is 16.2 Å². The molecule has 28 heavy (non-hydrogen) atoms. The van der Waals surface area contributed by atoms with Crippen molar-refractivity contribution in [2.75, 3.05) is 7.05 Å². The van der Waals surface area contributed by atoms with Crippen LogP contribution in [0.5, 0.6) is 5.75 Å². The molecule has 4 N–H and O–H groups in total. The quantitative estimate of drug-likeness (QED) is 0.722. The molecule has 3 rings (SSSR count). The largest absolute Gasteiger partial charge is 0.434 e. The lowest BCUT2D eigenvalue weighted by atomic mass is 9.82. The summed E-state index contributed by atoms with van der Waals surface area (Å²) >= 11 is 3.10. The van der Waals surface area contributed by atoms with Crippen LogP contribution in [0.2, 0.25) is 0 Å². The number of carbonyl (C=O) groups is 1. The molecular weight excluding hydrogens is 441 g/mol. The summed E-state index contributed by atoms with van der Waals surface area (Å²) < 4.78 is 43.6. The van der Waals surface area contributed by atoms with Gasteiger partial charge in [-0.15, -0.1) is 0 Å². The first kappa shape index (κ1) is 20.2. The summed E-state index contributed by atoms with van der Waals surface area (Å²) in [6.45, 7) is -3.13. The molecule has 1 unspecified atom stereocenters. The number of benzene rings is 2. The van der Waals surface area contributed by atoms with Gasteiger partial charge >= 0.3 is 6.61 Å². The van der Waals surface area contributed by atoms with E-state index in [4.69, 9.17) is 11.5 Å². The summed E-state index contributed by atoms with van der Waals surface area (Å²) in [6, 6.07) is 8.22. The third kappa shape index (κ3) is 3.22. The average molecular weight is 457 g/mol. The second kappa shape index (κ2) is 7.44. The molecule has 0 aromatic heterocycles. The molecule has 1 aliphatic heterocycles. The first-order chi connectivity index (χ1) is 13.2. The molecule has 2 aromatic rings. The van der Waals surface area contributed by atoms with E-state index in [1.54, 1.807) is 0 Å². The topological polar surface area (TPSA) is 93.9 Å². The van der Waals surface area contributed by atoms with Crippen LogP contribution >= 0.6 is 15.9 Å². The molecule has 0 saturated carbocycles. The number of likely N-dealkylation sites (N-methyl/N-ethyl adjacent to an activating group) is 1. The fourth-order valence-electron chi connectivity index (χ4n) is 3.08. The Hall–Kier alpha value is -2.59. The summed E-state index contributed by atoms with van der Waals surface area (Å²) in [6.07, 6.45) is 0. The van der Waals surface area contributed by atoms with Gasteiger partial charge in [-0.3, -0.25) is 9.69 Å². The van der Waals surface area contributed by atoms with E-state index < -0.39 is 23.9 Å². The monoisotopic (exact) mass is 456 g/mol. The number of alkyl halides is 2. The summed E-state index contributed by atoms with van der Waals surface area (Å²) in [7, 11) is 1.46. The van der Waals surface area contributed by atoms with Crippen molar-refractivity contribution in [3.05, 3.63) is 63.4 Å². The number of guanidine groups is 1. The van der Waals surface area contributed by atoms with Gasteiger partial charge in [0, 0.05) is 19.2 Å². The molecule has 1 heterocycles. The van der Waals surface area contributed by atoms with Crippen molar-refractivity contribution in [3.63, 3.8) is 0 Å². The van der Waals surface area contributed by atoms with Gasteiger partial charge in [-0.1, -0.05) is 12.1 Å². The highest BCUT2D eigenvalue weighted by Crippen LogP contribution is 2.41. The maximum absolute atomic E-state index is 13.7. The second-order valence-electron chi connectivity index (χ2n) is 6.08. The van der Waals surface area contributed by atoms with Gasteiger partial charge in [0.25, 0.3) is 5.91 Å². The van der Waals surface area contributed by atoms with Gasteiger partial charge in [0.05, 0.1) is 4.47 Å². The maximum atomic E-state index is 13.7. The predicted octanol–water partition coefficient (Wildman–Crippen LogP) is 2.68. The van der Waals surface area contributed by atoms with Gasteiger partial charge in [0.1, 0.15) is 11.6 Å². The Morgan fingerprint density at radius 2 is 1.89 bits per heavy atom. The van der Waals surface area contributed by atoms with Gasteiger partial charge in [-0.2, -0.15) is 8.78 Å². The van der Waals surface area contributed by atoms with Crippen LogP contribution in [-0.4, -0.2) is 30.4 Å². The molecule has 0 fully saturated rings. The normalized spacial score (nSPS) is 19.3. The highest BCUT2D eigenvalue weighted by atomic mass is 79.9. The smallest absolute Gasteiger partial charge is 0.387 e. The van der Waals surface area contributed by atoms with Crippen LogP contribution in [0.3, 0.4) is 0 Å². The highest BCUT2D eigenvalue weighted by molar-refractivity contribution is 9.10. The Balaban J connectivity index is 2.24. The van der Waals surface area contributed by atoms with E-state index in [9.17, 15) is 18.0 Å². The van der Waals surface area contributed by atoms with Crippen molar-refractivity contribution in [3.8, 4) is 5.75 Å². The van der Waals surface area contributed by atoms with Crippen LogP contribution in [0.1, 0.15) is 16.7 Å². The molecule has 0 aliphatic carbocycles. The van der Waals surface area contributed by atoms with Crippen molar-refractivity contribution >= 4 is 27.8 Å². The number of amides is 1. The number of nitrogens with two attached hydrogens (primary N) is 2.